The van der Waals surface area contributed by atoms with E-state index in [9.17, 15) is 0 Å². The van der Waals surface area contributed by atoms with E-state index in [1.807, 2.05) is 0 Å². The molecule has 0 aliphatic heterocycles. The standard InChI is InChI=1S/C18H25BrN2/c1-14(2)12-20-8-3-9-21-13-15-4-5-17-11-18(19)7-6-16(17)10-15/h4-7,10-11,14,20-21H,3,8-9,12-13H2,1-2H3. The Bertz CT molecular complexity index is 566. The van der Waals surface area contributed by atoms with Crippen LogP contribution in [0.15, 0.2) is 40.9 Å². The fraction of sp³-hybridized carbons (Fsp3) is 0.444. The third kappa shape index (κ3) is 5.77. The van der Waals surface area contributed by atoms with Crippen LogP contribution >= 0.6 is 15.9 Å². The topological polar surface area (TPSA) is 24.1 Å². The summed E-state index contributed by atoms with van der Waals surface area (Å²) < 4.78 is 1.13. The van der Waals surface area contributed by atoms with Gasteiger partial charge in [-0.3, -0.25) is 0 Å². The fourth-order valence-corrected chi connectivity index (χ4v) is 2.72. The van der Waals surface area contributed by atoms with Gasteiger partial charge in [0.1, 0.15) is 0 Å². The largest absolute Gasteiger partial charge is 0.316 e. The first-order valence-electron chi connectivity index (χ1n) is 7.75. The first-order chi connectivity index (χ1) is 10.1. The van der Waals surface area contributed by atoms with E-state index in [-0.39, 0.29) is 0 Å². The molecular weight excluding hydrogens is 324 g/mol. The van der Waals surface area contributed by atoms with E-state index in [2.05, 4.69) is 76.8 Å². The second kappa shape index (κ2) is 8.52. The zero-order chi connectivity index (χ0) is 15.1. The van der Waals surface area contributed by atoms with Crippen molar-refractivity contribution >= 4 is 26.7 Å². The van der Waals surface area contributed by atoms with E-state index in [4.69, 9.17) is 0 Å². The molecule has 0 radical (unpaired) electrons. The zero-order valence-corrected chi connectivity index (χ0v) is 14.5. The van der Waals surface area contributed by atoms with Gasteiger partial charge in [0, 0.05) is 11.0 Å². The highest BCUT2D eigenvalue weighted by Crippen LogP contribution is 2.20. The van der Waals surface area contributed by atoms with Crippen LogP contribution in [0.5, 0.6) is 0 Å². The number of hydrogen-bond donors (Lipinski definition) is 2. The van der Waals surface area contributed by atoms with Gasteiger partial charge in [-0.25, -0.2) is 0 Å². The maximum absolute atomic E-state index is 3.52. The molecule has 0 unspecified atom stereocenters. The normalized spacial score (nSPS) is 11.4. The van der Waals surface area contributed by atoms with E-state index in [1.54, 1.807) is 0 Å². The summed E-state index contributed by atoms with van der Waals surface area (Å²) in [4.78, 5) is 0. The SMILES string of the molecule is CC(C)CNCCCNCc1ccc2cc(Br)ccc2c1. The Kier molecular flexibility index (Phi) is 6.68. The Hall–Kier alpha value is -0.900. The summed E-state index contributed by atoms with van der Waals surface area (Å²) in [5, 5.41) is 9.57. The van der Waals surface area contributed by atoms with Crippen molar-refractivity contribution in [3.8, 4) is 0 Å². The molecule has 0 saturated heterocycles. The van der Waals surface area contributed by atoms with Crippen LogP contribution in [0.1, 0.15) is 25.8 Å². The van der Waals surface area contributed by atoms with Crippen molar-refractivity contribution in [2.24, 2.45) is 5.92 Å². The van der Waals surface area contributed by atoms with E-state index >= 15 is 0 Å². The van der Waals surface area contributed by atoms with Crippen LogP contribution in [-0.4, -0.2) is 19.6 Å². The molecule has 2 nitrogen and oxygen atoms in total. The quantitative estimate of drug-likeness (QED) is 0.694. The highest BCUT2D eigenvalue weighted by atomic mass is 79.9. The lowest BCUT2D eigenvalue weighted by molar-refractivity contribution is 0.530. The number of hydrogen-bond acceptors (Lipinski definition) is 2. The molecular formula is C18H25BrN2. The second-order valence-electron chi connectivity index (χ2n) is 5.95. The Morgan fingerprint density at radius 2 is 1.67 bits per heavy atom. The number of halogens is 1. The predicted molar refractivity (Wildman–Crippen MR) is 95.7 cm³/mol. The molecule has 2 N–H and O–H groups in total. The molecule has 0 saturated carbocycles. The number of benzene rings is 2. The van der Waals surface area contributed by atoms with Gasteiger partial charge in [-0.05, 0) is 66.5 Å². The molecule has 0 aromatic heterocycles. The second-order valence-corrected chi connectivity index (χ2v) is 6.87. The average Bonchev–Trinajstić information content (AvgIpc) is 2.46. The summed E-state index contributed by atoms with van der Waals surface area (Å²) in [6, 6.07) is 13.1. The van der Waals surface area contributed by atoms with Crippen molar-refractivity contribution in [1.82, 2.24) is 10.6 Å². The lowest BCUT2D eigenvalue weighted by Gasteiger charge is -2.09. The maximum atomic E-state index is 3.52. The molecule has 0 spiro atoms. The van der Waals surface area contributed by atoms with Gasteiger partial charge in [-0.15, -0.1) is 0 Å². The molecule has 0 bridgehead atoms. The van der Waals surface area contributed by atoms with Crippen molar-refractivity contribution in [3.05, 3.63) is 46.4 Å². The molecule has 0 heterocycles. The predicted octanol–water partition coefficient (Wildman–Crippen LogP) is 4.33. The first-order valence-corrected chi connectivity index (χ1v) is 8.54. The Balaban J connectivity index is 1.72. The average molecular weight is 349 g/mol. The summed E-state index contributed by atoms with van der Waals surface area (Å²) in [5.41, 5.74) is 1.35. The number of rotatable bonds is 8. The van der Waals surface area contributed by atoms with Crippen LogP contribution in [0.3, 0.4) is 0 Å². The summed E-state index contributed by atoms with van der Waals surface area (Å²) in [6.07, 6.45) is 1.17. The van der Waals surface area contributed by atoms with Crippen LogP contribution in [-0.2, 0) is 6.54 Å². The number of nitrogens with one attached hydrogen (secondary N) is 2. The monoisotopic (exact) mass is 348 g/mol. The van der Waals surface area contributed by atoms with Crippen LogP contribution in [0, 0.1) is 5.92 Å². The van der Waals surface area contributed by atoms with Crippen LogP contribution < -0.4 is 10.6 Å². The van der Waals surface area contributed by atoms with Gasteiger partial charge in [-0.1, -0.05) is 48.0 Å². The summed E-state index contributed by atoms with van der Waals surface area (Å²) in [5.74, 6) is 0.732. The van der Waals surface area contributed by atoms with Crippen molar-refractivity contribution in [1.29, 1.82) is 0 Å². The zero-order valence-electron chi connectivity index (χ0n) is 13.0. The Morgan fingerprint density at radius 1 is 0.952 bits per heavy atom. The first kappa shape index (κ1) is 16.5. The van der Waals surface area contributed by atoms with Gasteiger partial charge in [0.2, 0.25) is 0 Å². The maximum Gasteiger partial charge on any atom is 0.0205 e. The third-order valence-electron chi connectivity index (χ3n) is 3.46. The molecule has 0 amide bonds. The van der Waals surface area contributed by atoms with Gasteiger partial charge in [0.15, 0.2) is 0 Å². The van der Waals surface area contributed by atoms with E-state index in [1.165, 1.54) is 22.8 Å². The molecule has 0 atom stereocenters. The molecule has 2 aromatic carbocycles. The summed E-state index contributed by atoms with van der Waals surface area (Å²) in [6.45, 7) is 8.68. The molecule has 0 aliphatic rings. The highest BCUT2D eigenvalue weighted by Gasteiger charge is 1.98. The fourth-order valence-electron chi connectivity index (χ4n) is 2.34. The van der Waals surface area contributed by atoms with Gasteiger partial charge < -0.3 is 10.6 Å². The Labute approximate surface area is 136 Å². The molecule has 114 valence electrons. The smallest absolute Gasteiger partial charge is 0.0205 e. The summed E-state index contributed by atoms with van der Waals surface area (Å²) >= 11 is 3.51. The Morgan fingerprint density at radius 3 is 2.48 bits per heavy atom. The third-order valence-corrected chi connectivity index (χ3v) is 3.95. The van der Waals surface area contributed by atoms with Crippen molar-refractivity contribution in [2.45, 2.75) is 26.8 Å². The molecule has 2 aromatic rings. The van der Waals surface area contributed by atoms with Crippen molar-refractivity contribution in [2.75, 3.05) is 19.6 Å². The highest BCUT2D eigenvalue weighted by molar-refractivity contribution is 9.10. The van der Waals surface area contributed by atoms with Gasteiger partial charge >= 0.3 is 0 Å². The lowest BCUT2D eigenvalue weighted by atomic mass is 10.1. The van der Waals surface area contributed by atoms with Crippen molar-refractivity contribution in [3.63, 3.8) is 0 Å². The lowest BCUT2D eigenvalue weighted by Crippen LogP contribution is -2.24. The molecule has 3 heteroatoms. The van der Waals surface area contributed by atoms with Crippen LogP contribution in [0.2, 0.25) is 0 Å². The van der Waals surface area contributed by atoms with E-state index < -0.39 is 0 Å². The van der Waals surface area contributed by atoms with Crippen LogP contribution in [0.4, 0.5) is 0 Å². The van der Waals surface area contributed by atoms with Gasteiger partial charge in [-0.2, -0.15) is 0 Å². The molecule has 21 heavy (non-hydrogen) atoms. The molecule has 0 fully saturated rings. The van der Waals surface area contributed by atoms with Gasteiger partial charge in [0.25, 0.3) is 0 Å². The van der Waals surface area contributed by atoms with Crippen molar-refractivity contribution < 1.29 is 0 Å². The van der Waals surface area contributed by atoms with E-state index in [0.717, 1.165) is 36.6 Å². The number of fused-ring (bicyclic) bond motifs is 1. The van der Waals surface area contributed by atoms with E-state index in [0.29, 0.717) is 0 Å². The van der Waals surface area contributed by atoms with Gasteiger partial charge in [0.05, 0.1) is 0 Å². The minimum atomic E-state index is 0.732. The minimum Gasteiger partial charge on any atom is -0.316 e. The minimum absolute atomic E-state index is 0.732. The molecule has 0 aliphatic carbocycles. The molecule has 2 rings (SSSR count). The van der Waals surface area contributed by atoms with Crippen LogP contribution in [0.25, 0.3) is 10.8 Å². The summed E-state index contributed by atoms with van der Waals surface area (Å²) in [7, 11) is 0.